The van der Waals surface area contributed by atoms with Crippen molar-refractivity contribution >= 4 is 34.5 Å². The first-order valence-electron chi connectivity index (χ1n) is 14.8. The predicted molar refractivity (Wildman–Crippen MR) is 168 cm³/mol. The fourth-order valence-electron chi connectivity index (χ4n) is 5.14. The Balaban J connectivity index is 1.32. The molecule has 0 spiro atoms. The standard InChI is InChI=1S/C35H36N4O5/c1-5-42-32(40)22-31(26-9-6-8-24(20-26)23-36)38-18-15-27-21-29(13-14-30(27)38)43-19-16-28-12-11-25-10-7-17-39(33(25)37-28)34(41)44-35(2,3)4/h6,8-9,11-15,18,20-22H,5,7,10,16-17,19H2,1-4H3. The molecule has 0 saturated carbocycles. The average molecular weight is 593 g/mol. The number of rotatable bonds is 8. The summed E-state index contributed by atoms with van der Waals surface area (Å²) in [5.74, 6) is 0.903. The summed E-state index contributed by atoms with van der Waals surface area (Å²) in [4.78, 5) is 31.7. The van der Waals surface area contributed by atoms with Crippen LogP contribution in [0.4, 0.5) is 10.6 Å². The van der Waals surface area contributed by atoms with Crippen molar-refractivity contribution in [2.75, 3.05) is 24.7 Å². The summed E-state index contributed by atoms with van der Waals surface area (Å²) in [5, 5.41) is 10.3. The molecule has 1 aliphatic rings. The summed E-state index contributed by atoms with van der Waals surface area (Å²) in [6, 6.07) is 21.0. The molecule has 5 rings (SSSR count). The van der Waals surface area contributed by atoms with Crippen molar-refractivity contribution in [3.05, 3.63) is 95.3 Å². The van der Waals surface area contributed by atoms with Crippen LogP contribution in [0.2, 0.25) is 0 Å². The quantitative estimate of drug-likeness (QED) is 0.166. The molecule has 0 fully saturated rings. The molecule has 0 radical (unpaired) electrons. The summed E-state index contributed by atoms with van der Waals surface area (Å²) in [7, 11) is 0. The number of fused-ring (bicyclic) bond motifs is 2. The van der Waals surface area contributed by atoms with Gasteiger partial charge in [-0.05, 0) is 88.6 Å². The van der Waals surface area contributed by atoms with E-state index in [1.54, 1.807) is 30.0 Å². The maximum atomic E-state index is 12.8. The molecule has 0 bridgehead atoms. The minimum atomic E-state index is -0.580. The Morgan fingerprint density at radius 2 is 1.93 bits per heavy atom. The van der Waals surface area contributed by atoms with Gasteiger partial charge in [0.2, 0.25) is 0 Å². The molecule has 2 aromatic heterocycles. The van der Waals surface area contributed by atoms with Crippen LogP contribution in [0.25, 0.3) is 16.6 Å². The number of carbonyl (C=O) groups is 2. The van der Waals surface area contributed by atoms with E-state index in [9.17, 15) is 14.9 Å². The lowest BCUT2D eigenvalue weighted by Gasteiger charge is -2.31. The van der Waals surface area contributed by atoms with Crippen LogP contribution >= 0.6 is 0 Å². The number of nitriles is 1. The van der Waals surface area contributed by atoms with Crippen LogP contribution in [0.1, 0.15) is 56.5 Å². The van der Waals surface area contributed by atoms with Gasteiger partial charge in [-0.2, -0.15) is 5.26 Å². The highest BCUT2D eigenvalue weighted by molar-refractivity contribution is 5.95. The van der Waals surface area contributed by atoms with Crippen LogP contribution in [-0.2, 0) is 27.1 Å². The van der Waals surface area contributed by atoms with Gasteiger partial charge >= 0.3 is 12.1 Å². The lowest BCUT2D eigenvalue weighted by molar-refractivity contribution is -0.137. The summed E-state index contributed by atoms with van der Waals surface area (Å²) >= 11 is 0. The summed E-state index contributed by atoms with van der Waals surface area (Å²) in [6.07, 6.45) is 5.25. The summed E-state index contributed by atoms with van der Waals surface area (Å²) < 4.78 is 18.8. The molecular weight excluding hydrogens is 556 g/mol. The van der Waals surface area contributed by atoms with E-state index in [4.69, 9.17) is 19.2 Å². The van der Waals surface area contributed by atoms with Crippen molar-refractivity contribution in [1.29, 1.82) is 5.26 Å². The molecule has 1 aliphatic heterocycles. The maximum absolute atomic E-state index is 12.8. The van der Waals surface area contributed by atoms with Gasteiger partial charge in [0.05, 0.1) is 36.1 Å². The first-order valence-corrected chi connectivity index (χ1v) is 14.8. The van der Waals surface area contributed by atoms with Crippen molar-refractivity contribution in [1.82, 2.24) is 9.55 Å². The number of nitrogens with zero attached hydrogens (tertiary/aromatic N) is 4. The van der Waals surface area contributed by atoms with E-state index in [-0.39, 0.29) is 12.7 Å². The van der Waals surface area contributed by atoms with Crippen molar-refractivity contribution < 1.29 is 23.8 Å². The second-order valence-corrected chi connectivity index (χ2v) is 11.5. The molecule has 0 atom stereocenters. The molecule has 226 valence electrons. The number of hydrogen-bond donors (Lipinski definition) is 0. The molecule has 0 N–H and O–H groups in total. The number of anilines is 1. The molecule has 9 nitrogen and oxygen atoms in total. The van der Waals surface area contributed by atoms with E-state index in [0.717, 1.165) is 40.6 Å². The number of aromatic nitrogens is 2. The third-order valence-electron chi connectivity index (χ3n) is 7.09. The second kappa shape index (κ2) is 13.0. The molecule has 3 heterocycles. The van der Waals surface area contributed by atoms with Crippen LogP contribution in [0.5, 0.6) is 5.75 Å². The number of esters is 1. The molecule has 0 saturated heterocycles. The van der Waals surface area contributed by atoms with Gasteiger partial charge in [-0.1, -0.05) is 18.2 Å². The molecule has 0 unspecified atom stereocenters. The van der Waals surface area contributed by atoms with Gasteiger partial charge in [0.25, 0.3) is 0 Å². The zero-order valence-electron chi connectivity index (χ0n) is 25.5. The zero-order valence-corrected chi connectivity index (χ0v) is 25.5. The number of aryl methyl sites for hydroxylation is 1. The lowest BCUT2D eigenvalue weighted by Crippen LogP contribution is -2.40. The lowest BCUT2D eigenvalue weighted by atomic mass is 10.1. The molecule has 4 aromatic rings. The highest BCUT2D eigenvalue weighted by Gasteiger charge is 2.28. The van der Waals surface area contributed by atoms with Crippen LogP contribution in [0.15, 0.2) is 72.9 Å². The molecule has 1 amide bonds. The predicted octanol–water partition coefficient (Wildman–Crippen LogP) is 6.67. The van der Waals surface area contributed by atoms with Gasteiger partial charge < -0.3 is 18.8 Å². The number of amides is 1. The fraction of sp³-hybridized carbons (Fsp3) is 0.314. The first kappa shape index (κ1) is 30.4. The molecular formula is C35H36N4O5. The average Bonchev–Trinajstić information content (AvgIpc) is 3.42. The number of ether oxygens (including phenoxy) is 3. The Labute approximate surface area is 257 Å². The van der Waals surface area contributed by atoms with E-state index in [2.05, 4.69) is 6.07 Å². The Bertz CT molecular complexity index is 1760. The normalized spacial score (nSPS) is 13.2. The third kappa shape index (κ3) is 7.09. The van der Waals surface area contributed by atoms with E-state index in [0.29, 0.717) is 42.4 Å². The van der Waals surface area contributed by atoms with Crippen molar-refractivity contribution in [3.8, 4) is 11.8 Å². The molecule has 0 aliphatic carbocycles. The van der Waals surface area contributed by atoms with Gasteiger partial charge in [-0.3, -0.25) is 4.90 Å². The first-order chi connectivity index (χ1) is 21.1. The smallest absolute Gasteiger partial charge is 0.416 e. The number of carbonyl (C=O) groups excluding carboxylic acids is 2. The zero-order chi connectivity index (χ0) is 31.3. The van der Waals surface area contributed by atoms with Gasteiger partial charge in [0.15, 0.2) is 0 Å². The van der Waals surface area contributed by atoms with Crippen LogP contribution in [-0.4, -0.2) is 47.0 Å². The Morgan fingerprint density at radius 3 is 2.70 bits per heavy atom. The van der Waals surface area contributed by atoms with Gasteiger partial charge in [-0.15, -0.1) is 0 Å². The van der Waals surface area contributed by atoms with Crippen molar-refractivity contribution in [2.45, 2.75) is 52.6 Å². The number of benzene rings is 2. The largest absolute Gasteiger partial charge is 0.493 e. The van der Waals surface area contributed by atoms with Gasteiger partial charge in [0.1, 0.15) is 17.2 Å². The van der Waals surface area contributed by atoms with E-state index < -0.39 is 11.6 Å². The highest BCUT2D eigenvalue weighted by atomic mass is 16.6. The van der Waals surface area contributed by atoms with E-state index >= 15 is 0 Å². The molecule has 2 aromatic carbocycles. The SMILES string of the molecule is CCOC(=O)C=C(c1cccc(C#N)c1)n1ccc2cc(OCCc3ccc4c(n3)N(C(=O)OC(C)(C)C)CCC4)ccc21. The maximum Gasteiger partial charge on any atom is 0.416 e. The Hall–Kier alpha value is -5.10. The highest BCUT2D eigenvalue weighted by Crippen LogP contribution is 2.29. The Morgan fingerprint density at radius 1 is 1.09 bits per heavy atom. The van der Waals surface area contributed by atoms with Crippen molar-refractivity contribution in [2.24, 2.45) is 0 Å². The van der Waals surface area contributed by atoms with Crippen LogP contribution in [0.3, 0.4) is 0 Å². The van der Waals surface area contributed by atoms with Gasteiger partial charge in [0, 0.05) is 41.9 Å². The topological polar surface area (TPSA) is 107 Å². The summed E-state index contributed by atoms with van der Waals surface area (Å²) in [5.41, 5.74) is 3.98. The second-order valence-electron chi connectivity index (χ2n) is 11.5. The van der Waals surface area contributed by atoms with Crippen molar-refractivity contribution in [3.63, 3.8) is 0 Å². The third-order valence-corrected chi connectivity index (χ3v) is 7.09. The van der Waals surface area contributed by atoms with Gasteiger partial charge in [-0.25, -0.2) is 14.6 Å². The minimum absolute atomic E-state index is 0.261. The fourth-order valence-corrected chi connectivity index (χ4v) is 5.14. The van der Waals surface area contributed by atoms with E-state index in [1.807, 2.05) is 74.0 Å². The van der Waals surface area contributed by atoms with E-state index in [1.165, 1.54) is 6.08 Å². The van der Waals surface area contributed by atoms with Crippen LogP contribution in [0, 0.1) is 11.3 Å². The Kier molecular flexibility index (Phi) is 9.00. The minimum Gasteiger partial charge on any atom is -0.493 e. The van der Waals surface area contributed by atoms with Crippen LogP contribution < -0.4 is 9.64 Å². The number of pyridine rings is 1. The number of hydrogen-bond acceptors (Lipinski definition) is 7. The molecule has 9 heteroatoms. The molecule has 44 heavy (non-hydrogen) atoms. The summed E-state index contributed by atoms with van der Waals surface area (Å²) in [6.45, 7) is 8.57. The monoisotopic (exact) mass is 592 g/mol.